The van der Waals surface area contributed by atoms with Crippen molar-refractivity contribution in [2.75, 3.05) is 0 Å². The molecule has 0 aliphatic rings. The molecular formula is C4H3ClFNO2S2. The summed E-state index contributed by atoms with van der Waals surface area (Å²) in [5, 5.41) is 0.164. The third-order valence-electron chi connectivity index (χ3n) is 0.821. The summed E-state index contributed by atoms with van der Waals surface area (Å²) in [7, 11) is -4.47. The van der Waals surface area contributed by atoms with E-state index in [2.05, 4.69) is 4.98 Å². The molecule has 0 radical (unpaired) electrons. The van der Waals surface area contributed by atoms with Gasteiger partial charge in [0.15, 0.2) is 0 Å². The van der Waals surface area contributed by atoms with E-state index >= 15 is 0 Å². The number of hydrogen-bond donors (Lipinski definition) is 0. The van der Waals surface area contributed by atoms with Crippen molar-refractivity contribution in [3.8, 4) is 0 Å². The average molecular weight is 216 g/mol. The van der Waals surface area contributed by atoms with E-state index in [1.165, 1.54) is 6.20 Å². The Kier molecular flexibility index (Phi) is 2.46. The lowest BCUT2D eigenvalue weighted by atomic mass is 10.8. The molecule has 0 N–H and O–H groups in total. The first-order chi connectivity index (χ1) is 4.97. The molecule has 0 saturated carbocycles. The SMILES string of the molecule is O=S(=O)(F)Cc1ncc(Cl)s1. The number of aromatic nitrogens is 1. The van der Waals surface area contributed by atoms with E-state index < -0.39 is 16.0 Å². The summed E-state index contributed by atoms with van der Waals surface area (Å²) >= 11 is 6.38. The lowest BCUT2D eigenvalue weighted by molar-refractivity contribution is 0.551. The van der Waals surface area contributed by atoms with Crippen LogP contribution in [0.3, 0.4) is 0 Å². The van der Waals surface area contributed by atoms with Crippen molar-refractivity contribution in [3.63, 3.8) is 0 Å². The van der Waals surface area contributed by atoms with Crippen molar-refractivity contribution < 1.29 is 12.3 Å². The van der Waals surface area contributed by atoms with Crippen LogP contribution >= 0.6 is 22.9 Å². The van der Waals surface area contributed by atoms with Crippen LogP contribution in [0.25, 0.3) is 0 Å². The molecule has 0 saturated heterocycles. The second kappa shape index (κ2) is 3.04. The van der Waals surface area contributed by atoms with Gasteiger partial charge in [0.2, 0.25) is 0 Å². The van der Waals surface area contributed by atoms with Gasteiger partial charge in [0.25, 0.3) is 0 Å². The molecule has 0 aliphatic carbocycles. The van der Waals surface area contributed by atoms with Crippen LogP contribution in [0.15, 0.2) is 6.20 Å². The molecule has 1 rings (SSSR count). The quantitative estimate of drug-likeness (QED) is 0.704. The number of halogens is 2. The Bertz CT molecular complexity index is 347. The molecule has 62 valence electrons. The standard InChI is InChI=1S/C4H3ClFNO2S2/c5-3-1-7-4(10-3)2-11(6,8)9/h1H,2H2. The van der Waals surface area contributed by atoms with Gasteiger partial charge in [-0.3, -0.25) is 0 Å². The summed E-state index contributed by atoms with van der Waals surface area (Å²) in [5.41, 5.74) is 0. The molecule has 7 heteroatoms. The highest BCUT2D eigenvalue weighted by Gasteiger charge is 2.11. The molecule has 3 nitrogen and oxygen atoms in total. The van der Waals surface area contributed by atoms with Crippen LogP contribution in [-0.4, -0.2) is 13.4 Å². The van der Waals surface area contributed by atoms with Gasteiger partial charge in [-0.2, -0.15) is 8.42 Å². The van der Waals surface area contributed by atoms with Crippen molar-refractivity contribution in [2.24, 2.45) is 0 Å². The van der Waals surface area contributed by atoms with Gasteiger partial charge in [0.05, 0.1) is 6.20 Å². The molecular weight excluding hydrogens is 213 g/mol. The lowest BCUT2D eigenvalue weighted by Crippen LogP contribution is -1.94. The van der Waals surface area contributed by atoms with Crippen LogP contribution in [0.2, 0.25) is 4.34 Å². The van der Waals surface area contributed by atoms with Gasteiger partial charge in [-0.25, -0.2) is 4.98 Å². The van der Waals surface area contributed by atoms with Crippen LogP contribution in [-0.2, 0) is 16.0 Å². The minimum Gasteiger partial charge on any atom is -0.247 e. The molecule has 0 amide bonds. The Morgan fingerprint density at radius 1 is 1.73 bits per heavy atom. The van der Waals surface area contributed by atoms with Gasteiger partial charge >= 0.3 is 10.2 Å². The first kappa shape index (κ1) is 8.89. The summed E-state index contributed by atoms with van der Waals surface area (Å²) in [5.74, 6) is -0.690. The van der Waals surface area contributed by atoms with Gasteiger partial charge in [0, 0.05) is 0 Å². The van der Waals surface area contributed by atoms with E-state index in [1.54, 1.807) is 0 Å². The Morgan fingerprint density at radius 3 is 2.73 bits per heavy atom. The fourth-order valence-corrected chi connectivity index (χ4v) is 2.28. The Balaban J connectivity index is 2.81. The predicted octanol–water partition coefficient (Wildman–Crippen LogP) is 1.60. The Morgan fingerprint density at radius 2 is 2.36 bits per heavy atom. The maximum atomic E-state index is 12.0. The zero-order valence-electron chi connectivity index (χ0n) is 5.12. The molecule has 0 atom stereocenters. The normalized spacial score (nSPS) is 11.8. The van der Waals surface area contributed by atoms with Crippen LogP contribution < -0.4 is 0 Å². The molecule has 1 heterocycles. The van der Waals surface area contributed by atoms with E-state index in [-0.39, 0.29) is 5.01 Å². The Hall–Kier alpha value is -0.200. The summed E-state index contributed by atoms with van der Waals surface area (Å²) < 4.78 is 32.5. The fourth-order valence-electron chi connectivity index (χ4n) is 0.502. The minimum atomic E-state index is -4.47. The highest BCUT2D eigenvalue weighted by atomic mass is 35.5. The molecule has 0 aromatic carbocycles. The van der Waals surface area contributed by atoms with Crippen LogP contribution in [0.4, 0.5) is 3.89 Å². The average Bonchev–Trinajstić information content (AvgIpc) is 2.10. The van der Waals surface area contributed by atoms with Crippen molar-refractivity contribution in [1.82, 2.24) is 4.98 Å². The highest BCUT2D eigenvalue weighted by Crippen LogP contribution is 2.20. The van der Waals surface area contributed by atoms with Crippen LogP contribution in [0.5, 0.6) is 0 Å². The van der Waals surface area contributed by atoms with Crippen molar-refractivity contribution in [2.45, 2.75) is 5.75 Å². The zero-order chi connectivity index (χ0) is 8.48. The molecule has 0 fully saturated rings. The largest absolute Gasteiger partial charge is 0.308 e. The summed E-state index contributed by atoms with van der Waals surface area (Å²) in [6.07, 6.45) is 1.28. The minimum absolute atomic E-state index is 0.164. The summed E-state index contributed by atoms with van der Waals surface area (Å²) in [6.45, 7) is 0. The van der Waals surface area contributed by atoms with Gasteiger partial charge < -0.3 is 0 Å². The molecule has 0 aliphatic heterocycles. The molecule has 0 bridgehead atoms. The van der Waals surface area contributed by atoms with Crippen LogP contribution in [0, 0.1) is 0 Å². The molecule has 0 unspecified atom stereocenters. The van der Waals surface area contributed by atoms with Crippen LogP contribution in [0.1, 0.15) is 5.01 Å². The number of hydrogen-bond acceptors (Lipinski definition) is 4. The maximum absolute atomic E-state index is 12.0. The highest BCUT2D eigenvalue weighted by molar-refractivity contribution is 7.85. The third-order valence-corrected chi connectivity index (χ3v) is 2.74. The van der Waals surface area contributed by atoms with E-state index in [4.69, 9.17) is 11.6 Å². The van der Waals surface area contributed by atoms with Gasteiger partial charge in [-0.05, 0) is 0 Å². The Labute approximate surface area is 72.0 Å². The fraction of sp³-hybridized carbons (Fsp3) is 0.250. The van der Waals surface area contributed by atoms with E-state index in [1.807, 2.05) is 0 Å². The van der Waals surface area contributed by atoms with Crippen molar-refractivity contribution in [1.29, 1.82) is 0 Å². The zero-order valence-corrected chi connectivity index (χ0v) is 7.51. The van der Waals surface area contributed by atoms with Gasteiger partial charge in [-0.1, -0.05) is 11.6 Å². The molecule has 1 aromatic rings. The third kappa shape index (κ3) is 3.13. The number of nitrogens with zero attached hydrogens (tertiary/aromatic N) is 1. The van der Waals surface area contributed by atoms with Crippen molar-refractivity contribution in [3.05, 3.63) is 15.5 Å². The number of thiazole rings is 1. The maximum Gasteiger partial charge on any atom is 0.308 e. The van der Waals surface area contributed by atoms with E-state index in [0.29, 0.717) is 4.34 Å². The van der Waals surface area contributed by atoms with Gasteiger partial charge in [0.1, 0.15) is 15.1 Å². The second-order valence-corrected chi connectivity index (χ2v) is 4.85. The second-order valence-electron chi connectivity index (χ2n) is 1.74. The van der Waals surface area contributed by atoms with E-state index in [9.17, 15) is 12.3 Å². The van der Waals surface area contributed by atoms with Gasteiger partial charge in [-0.15, -0.1) is 15.2 Å². The molecule has 11 heavy (non-hydrogen) atoms. The number of rotatable bonds is 2. The monoisotopic (exact) mass is 215 g/mol. The summed E-state index contributed by atoms with van der Waals surface area (Å²) in [4.78, 5) is 3.57. The van der Waals surface area contributed by atoms with Crippen molar-refractivity contribution >= 4 is 33.2 Å². The first-order valence-corrected chi connectivity index (χ1v) is 5.24. The predicted molar refractivity (Wildman–Crippen MR) is 40.9 cm³/mol. The topological polar surface area (TPSA) is 47.0 Å². The molecule has 0 spiro atoms. The lowest BCUT2D eigenvalue weighted by Gasteiger charge is -1.86. The summed E-state index contributed by atoms with van der Waals surface area (Å²) in [6, 6.07) is 0. The van der Waals surface area contributed by atoms with E-state index in [0.717, 1.165) is 11.3 Å². The smallest absolute Gasteiger partial charge is 0.247 e. The molecule has 1 aromatic heterocycles. The first-order valence-electron chi connectivity index (χ1n) is 2.50.